The molecule has 0 spiro atoms. The van der Waals surface area contributed by atoms with Crippen molar-refractivity contribution in [3.05, 3.63) is 68.5 Å². The molecule has 0 saturated carbocycles. The van der Waals surface area contributed by atoms with Crippen LogP contribution < -0.4 is 5.56 Å². The summed E-state index contributed by atoms with van der Waals surface area (Å²) < 4.78 is 2.37. The van der Waals surface area contributed by atoms with Gasteiger partial charge in [-0.1, -0.05) is 30.3 Å². The second-order valence-electron chi connectivity index (χ2n) is 3.70. The highest BCUT2D eigenvalue weighted by molar-refractivity contribution is 9.10. The van der Waals surface area contributed by atoms with Crippen LogP contribution in [0.15, 0.2) is 51.7 Å². The molecule has 16 heavy (non-hydrogen) atoms. The van der Waals surface area contributed by atoms with E-state index in [1.807, 2.05) is 43.3 Å². The first-order valence-corrected chi connectivity index (χ1v) is 5.87. The monoisotopic (exact) mass is 277 g/mol. The van der Waals surface area contributed by atoms with Gasteiger partial charge < -0.3 is 4.57 Å². The first-order valence-electron chi connectivity index (χ1n) is 5.08. The average Bonchev–Trinajstić information content (AvgIpc) is 2.31. The van der Waals surface area contributed by atoms with Crippen LogP contribution in [0.2, 0.25) is 0 Å². The molecule has 1 aromatic carbocycles. The number of pyridine rings is 1. The van der Waals surface area contributed by atoms with Crippen molar-refractivity contribution in [1.82, 2.24) is 4.57 Å². The van der Waals surface area contributed by atoms with E-state index in [9.17, 15) is 4.79 Å². The van der Waals surface area contributed by atoms with Crippen molar-refractivity contribution >= 4 is 15.9 Å². The molecule has 0 N–H and O–H groups in total. The van der Waals surface area contributed by atoms with E-state index in [0.717, 1.165) is 11.3 Å². The highest BCUT2D eigenvalue weighted by Crippen LogP contribution is 2.07. The van der Waals surface area contributed by atoms with Crippen LogP contribution in [0, 0.1) is 6.92 Å². The molecular weight excluding hydrogens is 266 g/mol. The van der Waals surface area contributed by atoms with Crippen LogP contribution in [0.5, 0.6) is 0 Å². The highest BCUT2D eigenvalue weighted by atomic mass is 79.9. The Hall–Kier alpha value is -1.35. The molecule has 2 aromatic rings. The van der Waals surface area contributed by atoms with Crippen LogP contribution in [0.25, 0.3) is 0 Å². The van der Waals surface area contributed by atoms with Gasteiger partial charge in [-0.25, -0.2) is 0 Å². The van der Waals surface area contributed by atoms with Crippen LogP contribution in [-0.2, 0) is 6.54 Å². The summed E-state index contributed by atoms with van der Waals surface area (Å²) in [5.74, 6) is 0. The van der Waals surface area contributed by atoms with E-state index < -0.39 is 0 Å². The Labute approximate surface area is 103 Å². The van der Waals surface area contributed by atoms with Crippen molar-refractivity contribution in [2.45, 2.75) is 13.5 Å². The summed E-state index contributed by atoms with van der Waals surface area (Å²) in [4.78, 5) is 11.9. The Morgan fingerprint density at radius 1 is 1.12 bits per heavy atom. The van der Waals surface area contributed by atoms with Gasteiger partial charge in [0.15, 0.2) is 0 Å². The van der Waals surface area contributed by atoms with Gasteiger partial charge in [0.05, 0.1) is 11.0 Å². The number of aryl methyl sites for hydroxylation is 1. The zero-order chi connectivity index (χ0) is 11.5. The maximum atomic E-state index is 11.9. The summed E-state index contributed by atoms with van der Waals surface area (Å²) >= 11 is 3.26. The molecule has 1 aromatic heterocycles. The molecular formula is C13H12BrNO. The van der Waals surface area contributed by atoms with Gasteiger partial charge in [0.2, 0.25) is 0 Å². The second kappa shape index (κ2) is 4.66. The zero-order valence-corrected chi connectivity index (χ0v) is 10.6. The highest BCUT2D eigenvalue weighted by Gasteiger charge is 2.04. The summed E-state index contributed by atoms with van der Waals surface area (Å²) in [5.41, 5.74) is 2.12. The summed E-state index contributed by atoms with van der Waals surface area (Å²) in [6.45, 7) is 2.56. The molecule has 0 aliphatic rings. The molecule has 0 aliphatic heterocycles. The van der Waals surface area contributed by atoms with E-state index >= 15 is 0 Å². The smallest absolute Gasteiger partial charge is 0.265 e. The first-order chi connectivity index (χ1) is 7.68. The second-order valence-corrected chi connectivity index (χ2v) is 4.55. The lowest BCUT2D eigenvalue weighted by molar-refractivity contribution is 0.726. The lowest BCUT2D eigenvalue weighted by Gasteiger charge is -2.10. The van der Waals surface area contributed by atoms with Gasteiger partial charge in [-0.3, -0.25) is 4.79 Å². The van der Waals surface area contributed by atoms with Gasteiger partial charge in [-0.15, -0.1) is 0 Å². The van der Waals surface area contributed by atoms with E-state index in [4.69, 9.17) is 0 Å². The number of rotatable bonds is 2. The number of halogens is 1. The molecule has 0 fully saturated rings. The van der Waals surface area contributed by atoms with Gasteiger partial charge in [0, 0.05) is 5.69 Å². The average molecular weight is 278 g/mol. The number of aromatic nitrogens is 1. The summed E-state index contributed by atoms with van der Waals surface area (Å²) in [6, 6.07) is 13.7. The molecule has 0 bridgehead atoms. The summed E-state index contributed by atoms with van der Waals surface area (Å²) in [5, 5.41) is 0. The minimum atomic E-state index is 0.0175. The molecule has 2 nitrogen and oxygen atoms in total. The van der Waals surface area contributed by atoms with Crippen molar-refractivity contribution in [3.8, 4) is 0 Å². The molecule has 1 heterocycles. The largest absolute Gasteiger partial charge is 0.308 e. The molecule has 2 rings (SSSR count). The fourth-order valence-electron chi connectivity index (χ4n) is 1.61. The third-order valence-electron chi connectivity index (χ3n) is 2.53. The third-order valence-corrected chi connectivity index (χ3v) is 3.13. The van der Waals surface area contributed by atoms with Gasteiger partial charge in [0.1, 0.15) is 0 Å². The Morgan fingerprint density at radius 2 is 1.81 bits per heavy atom. The number of nitrogens with zero attached hydrogens (tertiary/aromatic N) is 1. The Kier molecular flexibility index (Phi) is 3.25. The standard InChI is InChI=1S/C13H12BrNO/c1-10-7-8-12(14)13(16)15(10)9-11-5-3-2-4-6-11/h2-8H,9H2,1H3. The van der Waals surface area contributed by atoms with E-state index in [1.54, 1.807) is 10.6 Å². The molecule has 0 amide bonds. The van der Waals surface area contributed by atoms with Crippen LogP contribution in [0.4, 0.5) is 0 Å². The fourth-order valence-corrected chi connectivity index (χ4v) is 1.95. The predicted molar refractivity (Wildman–Crippen MR) is 68.7 cm³/mol. The van der Waals surface area contributed by atoms with Gasteiger partial charge in [-0.05, 0) is 40.5 Å². The van der Waals surface area contributed by atoms with E-state index in [1.165, 1.54) is 0 Å². The number of benzene rings is 1. The minimum Gasteiger partial charge on any atom is -0.308 e. The van der Waals surface area contributed by atoms with Crippen molar-refractivity contribution in [2.75, 3.05) is 0 Å². The van der Waals surface area contributed by atoms with Gasteiger partial charge in [0.25, 0.3) is 5.56 Å². The van der Waals surface area contributed by atoms with Crippen LogP contribution in [0.3, 0.4) is 0 Å². The van der Waals surface area contributed by atoms with Crippen molar-refractivity contribution in [2.24, 2.45) is 0 Å². The fraction of sp³-hybridized carbons (Fsp3) is 0.154. The first kappa shape index (κ1) is 11.1. The zero-order valence-electron chi connectivity index (χ0n) is 8.98. The lowest BCUT2D eigenvalue weighted by atomic mass is 10.2. The lowest BCUT2D eigenvalue weighted by Crippen LogP contribution is -2.23. The number of hydrogen-bond acceptors (Lipinski definition) is 1. The topological polar surface area (TPSA) is 22.0 Å². The van der Waals surface area contributed by atoms with Crippen LogP contribution >= 0.6 is 15.9 Å². The normalized spacial score (nSPS) is 10.4. The maximum Gasteiger partial charge on any atom is 0.265 e. The molecule has 0 atom stereocenters. The van der Waals surface area contributed by atoms with Crippen LogP contribution in [-0.4, -0.2) is 4.57 Å². The Bertz CT molecular complexity index is 546. The van der Waals surface area contributed by atoms with Gasteiger partial charge in [-0.2, -0.15) is 0 Å². The van der Waals surface area contributed by atoms with Gasteiger partial charge >= 0.3 is 0 Å². The Balaban J connectivity index is 2.43. The minimum absolute atomic E-state index is 0.0175. The summed E-state index contributed by atoms with van der Waals surface area (Å²) in [6.07, 6.45) is 0. The molecule has 0 unspecified atom stereocenters. The van der Waals surface area contributed by atoms with E-state index in [-0.39, 0.29) is 5.56 Å². The number of hydrogen-bond donors (Lipinski definition) is 0. The maximum absolute atomic E-state index is 11.9. The van der Waals surface area contributed by atoms with Crippen LogP contribution in [0.1, 0.15) is 11.3 Å². The SMILES string of the molecule is Cc1ccc(Br)c(=O)n1Cc1ccccc1. The quantitative estimate of drug-likeness (QED) is 0.827. The molecule has 0 aliphatic carbocycles. The van der Waals surface area contributed by atoms with Crippen molar-refractivity contribution in [3.63, 3.8) is 0 Å². The van der Waals surface area contributed by atoms with Crippen molar-refractivity contribution in [1.29, 1.82) is 0 Å². The van der Waals surface area contributed by atoms with E-state index in [0.29, 0.717) is 11.0 Å². The van der Waals surface area contributed by atoms with E-state index in [2.05, 4.69) is 15.9 Å². The predicted octanol–water partition coefficient (Wildman–Crippen LogP) is 2.97. The third kappa shape index (κ3) is 2.25. The summed E-state index contributed by atoms with van der Waals surface area (Å²) in [7, 11) is 0. The molecule has 0 saturated heterocycles. The molecule has 0 radical (unpaired) electrons. The molecule has 3 heteroatoms. The molecule has 82 valence electrons. The van der Waals surface area contributed by atoms with Crippen molar-refractivity contribution < 1.29 is 0 Å². The Morgan fingerprint density at radius 3 is 2.50 bits per heavy atom.